The highest BCUT2D eigenvalue weighted by Crippen LogP contribution is 2.20. The van der Waals surface area contributed by atoms with Crippen LogP contribution >= 0.6 is 11.8 Å². The first-order chi connectivity index (χ1) is 6.84. The lowest BCUT2D eigenvalue weighted by atomic mass is 10.5. The van der Waals surface area contributed by atoms with Gasteiger partial charge in [-0.05, 0) is 12.1 Å². The number of nitrogens with two attached hydrogens (primary N) is 1. The third-order valence-corrected chi connectivity index (χ3v) is 2.53. The number of thioether (sulfide) groups is 1. The smallest absolute Gasteiger partial charge is 0.141 e. The van der Waals surface area contributed by atoms with Crippen LogP contribution < -0.4 is 5.73 Å². The number of rotatable bonds is 3. The van der Waals surface area contributed by atoms with Gasteiger partial charge in [-0.25, -0.2) is 9.97 Å². The van der Waals surface area contributed by atoms with Crippen molar-refractivity contribution in [2.75, 3.05) is 5.73 Å². The van der Waals surface area contributed by atoms with E-state index in [9.17, 15) is 0 Å². The Morgan fingerprint density at radius 2 is 2.29 bits per heavy atom. The second-order valence-electron chi connectivity index (χ2n) is 2.65. The van der Waals surface area contributed by atoms with E-state index in [-0.39, 0.29) is 0 Å². The summed E-state index contributed by atoms with van der Waals surface area (Å²) in [5.41, 5.74) is 5.42. The van der Waals surface area contributed by atoms with Crippen LogP contribution in [-0.4, -0.2) is 9.97 Å². The van der Waals surface area contributed by atoms with Crippen LogP contribution in [0.4, 0.5) is 5.82 Å². The van der Waals surface area contributed by atoms with Crippen LogP contribution in [0.5, 0.6) is 0 Å². The molecule has 4 nitrogen and oxygen atoms in total. The molecule has 72 valence electrons. The van der Waals surface area contributed by atoms with Crippen LogP contribution in [0.3, 0.4) is 0 Å². The Hall–Kier alpha value is -1.49. The fourth-order valence-corrected chi connectivity index (χ4v) is 1.65. The van der Waals surface area contributed by atoms with Crippen LogP contribution in [0.2, 0.25) is 0 Å². The van der Waals surface area contributed by atoms with Crippen molar-refractivity contribution >= 4 is 17.6 Å². The minimum Gasteiger partial charge on any atom is -0.468 e. The van der Waals surface area contributed by atoms with E-state index in [0.717, 1.165) is 16.5 Å². The van der Waals surface area contributed by atoms with Gasteiger partial charge in [0.05, 0.1) is 24.4 Å². The number of aromatic nitrogens is 2. The average molecular weight is 207 g/mol. The molecule has 14 heavy (non-hydrogen) atoms. The zero-order valence-corrected chi connectivity index (χ0v) is 8.20. The van der Waals surface area contributed by atoms with Crippen molar-refractivity contribution in [2.24, 2.45) is 0 Å². The molecule has 2 aromatic rings. The molecule has 0 amide bonds. The fraction of sp³-hybridized carbons (Fsp3) is 0.111. The molecular formula is C9H9N3OS. The monoisotopic (exact) mass is 207 g/mol. The first-order valence-corrected chi connectivity index (χ1v) is 5.06. The van der Waals surface area contributed by atoms with Crippen molar-refractivity contribution in [3.8, 4) is 0 Å². The molecule has 0 saturated carbocycles. The first kappa shape index (κ1) is 9.08. The van der Waals surface area contributed by atoms with Crippen molar-refractivity contribution in [1.82, 2.24) is 9.97 Å². The Bertz CT molecular complexity index is 385. The summed E-state index contributed by atoms with van der Waals surface area (Å²) in [7, 11) is 0. The molecule has 0 aromatic carbocycles. The predicted molar refractivity (Wildman–Crippen MR) is 54.7 cm³/mol. The molecule has 0 radical (unpaired) electrons. The average Bonchev–Trinajstić information content (AvgIpc) is 2.70. The summed E-state index contributed by atoms with van der Waals surface area (Å²) in [5.74, 6) is 2.12. The summed E-state index contributed by atoms with van der Waals surface area (Å²) >= 11 is 1.56. The van der Waals surface area contributed by atoms with Gasteiger partial charge in [-0.2, -0.15) is 0 Å². The van der Waals surface area contributed by atoms with E-state index < -0.39 is 0 Å². The van der Waals surface area contributed by atoms with Crippen LogP contribution in [-0.2, 0) is 5.75 Å². The summed E-state index contributed by atoms with van der Waals surface area (Å²) in [5, 5.41) is 0.843. The second-order valence-corrected chi connectivity index (χ2v) is 3.64. The third kappa shape index (κ3) is 2.26. The van der Waals surface area contributed by atoms with Crippen LogP contribution in [0.25, 0.3) is 0 Å². The lowest BCUT2D eigenvalue weighted by Crippen LogP contribution is -1.91. The summed E-state index contributed by atoms with van der Waals surface area (Å²) < 4.78 is 5.19. The largest absolute Gasteiger partial charge is 0.468 e. The maximum Gasteiger partial charge on any atom is 0.141 e. The van der Waals surface area contributed by atoms with E-state index in [0.29, 0.717) is 5.82 Å². The van der Waals surface area contributed by atoms with E-state index in [2.05, 4.69) is 9.97 Å². The van der Waals surface area contributed by atoms with E-state index in [1.807, 2.05) is 12.1 Å². The minimum atomic E-state index is 0.437. The zero-order chi connectivity index (χ0) is 9.80. The summed E-state index contributed by atoms with van der Waals surface area (Å²) in [6.07, 6.45) is 4.86. The van der Waals surface area contributed by atoms with Gasteiger partial charge < -0.3 is 10.2 Å². The fourth-order valence-electron chi connectivity index (χ4n) is 0.940. The van der Waals surface area contributed by atoms with E-state index in [4.69, 9.17) is 10.2 Å². The lowest BCUT2D eigenvalue weighted by molar-refractivity contribution is 0.530. The van der Waals surface area contributed by atoms with Crippen molar-refractivity contribution in [3.05, 3.63) is 36.5 Å². The molecule has 2 N–H and O–H groups in total. The number of hydrogen-bond donors (Lipinski definition) is 1. The highest BCUT2D eigenvalue weighted by atomic mass is 32.2. The molecule has 0 aliphatic carbocycles. The SMILES string of the molecule is Nc1cnc(SCc2ccco2)cn1. The van der Waals surface area contributed by atoms with Crippen LogP contribution in [0.1, 0.15) is 5.76 Å². The maximum atomic E-state index is 5.42. The van der Waals surface area contributed by atoms with Crippen molar-refractivity contribution in [2.45, 2.75) is 10.8 Å². The Morgan fingerprint density at radius 1 is 1.36 bits per heavy atom. The Labute approximate surface area is 85.6 Å². The molecule has 0 saturated heterocycles. The van der Waals surface area contributed by atoms with Crippen molar-refractivity contribution in [3.63, 3.8) is 0 Å². The molecule has 0 unspecified atom stereocenters. The van der Waals surface area contributed by atoms with E-state index >= 15 is 0 Å². The second kappa shape index (κ2) is 4.15. The topological polar surface area (TPSA) is 64.9 Å². The molecule has 0 bridgehead atoms. The molecule has 0 fully saturated rings. The molecule has 0 spiro atoms. The van der Waals surface area contributed by atoms with Gasteiger partial charge in [0.2, 0.25) is 0 Å². The normalized spacial score (nSPS) is 10.3. The van der Waals surface area contributed by atoms with Gasteiger partial charge in [-0.1, -0.05) is 11.8 Å². The first-order valence-electron chi connectivity index (χ1n) is 4.07. The Morgan fingerprint density at radius 3 is 2.93 bits per heavy atom. The van der Waals surface area contributed by atoms with Crippen LogP contribution in [0.15, 0.2) is 40.2 Å². The van der Waals surface area contributed by atoms with E-state index in [1.165, 1.54) is 0 Å². The maximum absolute atomic E-state index is 5.42. The van der Waals surface area contributed by atoms with E-state index in [1.54, 1.807) is 30.4 Å². The molecule has 2 rings (SSSR count). The predicted octanol–water partition coefficient (Wildman–Crippen LogP) is 1.94. The Kier molecular flexibility index (Phi) is 2.69. The van der Waals surface area contributed by atoms with Crippen molar-refractivity contribution in [1.29, 1.82) is 0 Å². The van der Waals surface area contributed by atoms with Gasteiger partial charge in [-0.3, -0.25) is 0 Å². The number of hydrogen-bond acceptors (Lipinski definition) is 5. The molecule has 0 aliphatic heterocycles. The molecule has 0 aliphatic rings. The quantitative estimate of drug-likeness (QED) is 0.779. The molecule has 5 heteroatoms. The number of nitrogens with zero attached hydrogens (tertiary/aromatic N) is 2. The van der Waals surface area contributed by atoms with Gasteiger partial charge in [0.25, 0.3) is 0 Å². The number of furan rings is 1. The lowest BCUT2D eigenvalue weighted by Gasteiger charge is -1.97. The van der Waals surface area contributed by atoms with Gasteiger partial charge in [-0.15, -0.1) is 0 Å². The highest BCUT2D eigenvalue weighted by molar-refractivity contribution is 7.98. The van der Waals surface area contributed by atoms with Gasteiger partial charge in [0, 0.05) is 0 Å². The van der Waals surface area contributed by atoms with Crippen LogP contribution in [0, 0.1) is 0 Å². The minimum absolute atomic E-state index is 0.437. The molecule has 0 atom stereocenters. The standard InChI is InChI=1S/C9H9N3OS/c10-8-4-12-9(5-11-8)14-6-7-2-1-3-13-7/h1-5H,6H2,(H2,10,11). The Balaban J connectivity index is 1.95. The number of nitrogen functional groups attached to an aromatic ring is 1. The highest BCUT2D eigenvalue weighted by Gasteiger charge is 1.99. The van der Waals surface area contributed by atoms with Gasteiger partial charge >= 0.3 is 0 Å². The molecule has 2 heterocycles. The summed E-state index contributed by atoms with van der Waals surface area (Å²) in [4.78, 5) is 8.05. The number of anilines is 1. The van der Waals surface area contributed by atoms with Gasteiger partial charge in [0.15, 0.2) is 0 Å². The molecular weight excluding hydrogens is 198 g/mol. The summed E-state index contributed by atoms with van der Waals surface area (Å²) in [6.45, 7) is 0. The third-order valence-electron chi connectivity index (χ3n) is 1.59. The molecule has 2 aromatic heterocycles. The van der Waals surface area contributed by atoms with Crippen molar-refractivity contribution < 1.29 is 4.42 Å². The zero-order valence-electron chi connectivity index (χ0n) is 7.38. The van der Waals surface area contributed by atoms with Gasteiger partial charge in [0.1, 0.15) is 16.6 Å². The summed E-state index contributed by atoms with van der Waals surface area (Å²) in [6, 6.07) is 3.79.